The van der Waals surface area contributed by atoms with Crippen LogP contribution in [0.4, 0.5) is 0 Å². The first-order chi connectivity index (χ1) is 4.74. The summed E-state index contributed by atoms with van der Waals surface area (Å²) in [6, 6.07) is 3.64. The molecule has 10 heavy (non-hydrogen) atoms. The van der Waals surface area contributed by atoms with Crippen molar-refractivity contribution in [3.05, 3.63) is 30.2 Å². The van der Waals surface area contributed by atoms with Gasteiger partial charge in [-0.3, -0.25) is 0 Å². The second-order valence-electron chi connectivity index (χ2n) is 2.17. The summed E-state index contributed by atoms with van der Waals surface area (Å²) in [5.41, 5.74) is 0.619. The zero-order valence-corrected chi connectivity index (χ0v) is 5.92. The number of hydrogen-bond acceptors (Lipinski definition) is 2. The van der Waals surface area contributed by atoms with Crippen LogP contribution in [0.5, 0.6) is 0 Å². The molecule has 0 unspecified atom stereocenters. The minimum atomic E-state index is -0.0487. The van der Waals surface area contributed by atoms with Gasteiger partial charge in [-0.25, -0.2) is 0 Å². The Morgan fingerprint density at radius 3 is 2.80 bits per heavy atom. The number of aryl methyl sites for hydroxylation is 1. The highest BCUT2D eigenvalue weighted by molar-refractivity contribution is 5.59. The van der Waals surface area contributed by atoms with E-state index in [1.165, 1.54) is 0 Å². The van der Waals surface area contributed by atoms with Gasteiger partial charge in [-0.15, -0.1) is 0 Å². The van der Waals surface area contributed by atoms with Crippen LogP contribution in [0.25, 0.3) is 5.57 Å². The molecule has 0 aliphatic rings. The van der Waals surface area contributed by atoms with Crippen molar-refractivity contribution >= 4 is 5.57 Å². The van der Waals surface area contributed by atoms with E-state index in [0.29, 0.717) is 11.3 Å². The molecule has 0 radical (unpaired) electrons. The normalized spacial score (nSPS) is 9.80. The molecule has 2 heteroatoms. The van der Waals surface area contributed by atoms with Crippen molar-refractivity contribution in [2.75, 3.05) is 6.61 Å². The predicted molar refractivity (Wildman–Crippen MR) is 39.6 cm³/mol. The highest BCUT2D eigenvalue weighted by Crippen LogP contribution is 2.14. The van der Waals surface area contributed by atoms with E-state index in [9.17, 15) is 0 Å². The largest absolute Gasteiger partial charge is 0.462 e. The second kappa shape index (κ2) is 2.71. The van der Waals surface area contributed by atoms with Gasteiger partial charge in [0.1, 0.15) is 11.5 Å². The first-order valence-corrected chi connectivity index (χ1v) is 3.09. The minimum absolute atomic E-state index is 0.0487. The van der Waals surface area contributed by atoms with Gasteiger partial charge in [0.05, 0.1) is 6.61 Å². The molecule has 1 rings (SSSR count). The summed E-state index contributed by atoms with van der Waals surface area (Å²) in [5, 5.41) is 8.64. The molecule has 0 spiro atoms. The fraction of sp³-hybridized carbons (Fsp3) is 0.250. The lowest BCUT2D eigenvalue weighted by Crippen LogP contribution is -1.84. The SMILES string of the molecule is C=C(CO)c1ccc(C)o1. The van der Waals surface area contributed by atoms with E-state index in [-0.39, 0.29) is 6.61 Å². The van der Waals surface area contributed by atoms with Crippen LogP contribution in [0.1, 0.15) is 11.5 Å². The molecule has 0 fully saturated rings. The quantitative estimate of drug-likeness (QED) is 0.673. The smallest absolute Gasteiger partial charge is 0.131 e. The van der Waals surface area contributed by atoms with Crippen molar-refractivity contribution in [2.45, 2.75) is 6.92 Å². The summed E-state index contributed by atoms with van der Waals surface area (Å²) in [6.45, 7) is 5.42. The van der Waals surface area contributed by atoms with E-state index in [1.807, 2.05) is 13.0 Å². The van der Waals surface area contributed by atoms with Gasteiger partial charge in [-0.05, 0) is 19.1 Å². The third-order valence-electron chi connectivity index (χ3n) is 1.28. The Labute approximate surface area is 59.8 Å². The van der Waals surface area contributed by atoms with Gasteiger partial charge >= 0.3 is 0 Å². The van der Waals surface area contributed by atoms with Gasteiger partial charge in [0.15, 0.2) is 0 Å². The van der Waals surface area contributed by atoms with Crippen LogP contribution >= 0.6 is 0 Å². The Bertz CT molecular complexity index is 235. The fourth-order valence-corrected chi connectivity index (χ4v) is 0.702. The summed E-state index contributed by atoms with van der Waals surface area (Å²) in [4.78, 5) is 0. The maximum Gasteiger partial charge on any atom is 0.131 e. The molecule has 2 nitrogen and oxygen atoms in total. The van der Waals surface area contributed by atoms with Crippen molar-refractivity contribution < 1.29 is 9.52 Å². The average molecular weight is 138 g/mol. The van der Waals surface area contributed by atoms with Crippen molar-refractivity contribution in [1.82, 2.24) is 0 Å². The molecule has 0 aliphatic carbocycles. The molecule has 54 valence electrons. The Balaban J connectivity index is 2.85. The molecule has 0 saturated carbocycles. The molecular weight excluding hydrogens is 128 g/mol. The second-order valence-corrected chi connectivity index (χ2v) is 2.17. The third-order valence-corrected chi connectivity index (χ3v) is 1.28. The third kappa shape index (κ3) is 1.28. The van der Waals surface area contributed by atoms with Crippen molar-refractivity contribution in [3.8, 4) is 0 Å². The van der Waals surface area contributed by atoms with Crippen LogP contribution in [0.3, 0.4) is 0 Å². The van der Waals surface area contributed by atoms with Gasteiger partial charge in [-0.1, -0.05) is 6.58 Å². The van der Waals surface area contributed by atoms with Crippen LogP contribution in [-0.4, -0.2) is 11.7 Å². The Kier molecular flexibility index (Phi) is 1.92. The van der Waals surface area contributed by atoms with Crippen LogP contribution in [0.15, 0.2) is 23.1 Å². The van der Waals surface area contributed by atoms with E-state index < -0.39 is 0 Å². The number of rotatable bonds is 2. The summed E-state index contributed by atoms with van der Waals surface area (Å²) >= 11 is 0. The summed E-state index contributed by atoms with van der Waals surface area (Å²) in [6.07, 6.45) is 0. The molecule has 0 saturated heterocycles. The monoisotopic (exact) mass is 138 g/mol. The van der Waals surface area contributed by atoms with Crippen molar-refractivity contribution in [1.29, 1.82) is 0 Å². The van der Waals surface area contributed by atoms with E-state index >= 15 is 0 Å². The topological polar surface area (TPSA) is 33.4 Å². The lowest BCUT2D eigenvalue weighted by atomic mass is 10.2. The first kappa shape index (κ1) is 7.09. The zero-order valence-electron chi connectivity index (χ0n) is 5.92. The summed E-state index contributed by atoms with van der Waals surface area (Å²) in [5.74, 6) is 1.50. The molecule has 1 aromatic heterocycles. The maximum atomic E-state index is 8.64. The predicted octanol–water partition coefficient (Wildman–Crippen LogP) is 1.59. The van der Waals surface area contributed by atoms with Gasteiger partial charge in [0, 0.05) is 5.57 Å². The molecule has 0 amide bonds. The highest BCUT2D eigenvalue weighted by Gasteiger charge is 2.00. The van der Waals surface area contributed by atoms with E-state index in [2.05, 4.69) is 6.58 Å². The van der Waals surface area contributed by atoms with E-state index in [1.54, 1.807) is 6.07 Å². The van der Waals surface area contributed by atoms with Gasteiger partial charge in [0.2, 0.25) is 0 Å². The molecule has 1 N–H and O–H groups in total. The number of aliphatic hydroxyl groups excluding tert-OH is 1. The van der Waals surface area contributed by atoms with Crippen LogP contribution in [0, 0.1) is 6.92 Å². The van der Waals surface area contributed by atoms with Gasteiger partial charge in [0.25, 0.3) is 0 Å². The maximum absolute atomic E-state index is 8.64. The van der Waals surface area contributed by atoms with Gasteiger partial charge in [-0.2, -0.15) is 0 Å². The zero-order chi connectivity index (χ0) is 7.56. The number of hydrogen-bond donors (Lipinski definition) is 1. The lowest BCUT2D eigenvalue weighted by Gasteiger charge is -1.93. The van der Waals surface area contributed by atoms with Crippen molar-refractivity contribution in [3.63, 3.8) is 0 Å². The van der Waals surface area contributed by atoms with Crippen molar-refractivity contribution in [2.24, 2.45) is 0 Å². The Hall–Kier alpha value is -1.02. The Morgan fingerprint density at radius 1 is 1.70 bits per heavy atom. The molecule has 0 aromatic carbocycles. The molecule has 0 atom stereocenters. The van der Waals surface area contributed by atoms with Gasteiger partial charge < -0.3 is 9.52 Å². The summed E-state index contributed by atoms with van der Waals surface area (Å²) in [7, 11) is 0. The standard InChI is InChI=1S/C8H10O2/c1-6(5-9)8-4-3-7(2)10-8/h3-4,9H,1,5H2,2H3. The van der Waals surface area contributed by atoms with E-state index in [4.69, 9.17) is 9.52 Å². The van der Waals surface area contributed by atoms with Crippen LogP contribution in [0.2, 0.25) is 0 Å². The fourth-order valence-electron chi connectivity index (χ4n) is 0.702. The lowest BCUT2D eigenvalue weighted by molar-refractivity contribution is 0.346. The molecule has 1 heterocycles. The first-order valence-electron chi connectivity index (χ1n) is 3.09. The number of aliphatic hydroxyl groups is 1. The number of furan rings is 1. The molecule has 0 aliphatic heterocycles. The van der Waals surface area contributed by atoms with Crippen LogP contribution < -0.4 is 0 Å². The van der Waals surface area contributed by atoms with E-state index in [0.717, 1.165) is 5.76 Å². The average Bonchev–Trinajstić information content (AvgIpc) is 2.34. The highest BCUT2D eigenvalue weighted by atomic mass is 16.3. The summed E-state index contributed by atoms with van der Waals surface area (Å²) < 4.78 is 5.18. The molecular formula is C8H10O2. The minimum Gasteiger partial charge on any atom is -0.462 e. The Morgan fingerprint density at radius 2 is 2.40 bits per heavy atom. The van der Waals surface area contributed by atoms with Crippen LogP contribution in [-0.2, 0) is 0 Å². The molecule has 1 aromatic rings. The molecule has 0 bridgehead atoms.